The van der Waals surface area contributed by atoms with E-state index in [1.54, 1.807) is 6.33 Å². The van der Waals surface area contributed by atoms with Crippen LogP contribution in [0.25, 0.3) is 0 Å². The minimum Gasteiger partial charge on any atom is -0.366 e. The maximum absolute atomic E-state index is 12.6. The van der Waals surface area contributed by atoms with Crippen molar-refractivity contribution in [3.63, 3.8) is 0 Å². The van der Waals surface area contributed by atoms with E-state index in [1.165, 1.54) is 0 Å². The molecule has 3 atom stereocenters. The molecule has 0 bridgehead atoms. The SMILES string of the molecule is CCn1cnnc1[C@@H]1CN(C(=O)N[C@H]2CC[C@@H](N(C)C)C2)CCO1. The van der Waals surface area contributed by atoms with Crippen LogP contribution in [0.15, 0.2) is 6.33 Å². The highest BCUT2D eigenvalue weighted by Gasteiger charge is 2.32. The van der Waals surface area contributed by atoms with Gasteiger partial charge in [0.15, 0.2) is 5.82 Å². The van der Waals surface area contributed by atoms with E-state index < -0.39 is 0 Å². The van der Waals surface area contributed by atoms with Crippen LogP contribution >= 0.6 is 0 Å². The first-order valence-electron chi connectivity index (χ1n) is 8.79. The molecule has 0 unspecified atom stereocenters. The van der Waals surface area contributed by atoms with E-state index in [2.05, 4.69) is 34.5 Å². The maximum Gasteiger partial charge on any atom is 0.317 e. The first kappa shape index (κ1) is 17.2. The minimum absolute atomic E-state index is 0.00951. The van der Waals surface area contributed by atoms with Gasteiger partial charge in [-0.3, -0.25) is 0 Å². The first-order chi connectivity index (χ1) is 11.6. The second-order valence-electron chi connectivity index (χ2n) is 6.86. The predicted molar refractivity (Wildman–Crippen MR) is 89.6 cm³/mol. The molecule has 134 valence electrons. The van der Waals surface area contributed by atoms with Gasteiger partial charge in [0.25, 0.3) is 0 Å². The smallest absolute Gasteiger partial charge is 0.317 e. The summed E-state index contributed by atoms with van der Waals surface area (Å²) in [4.78, 5) is 16.7. The molecule has 1 aliphatic carbocycles. The molecule has 0 spiro atoms. The molecule has 24 heavy (non-hydrogen) atoms. The summed E-state index contributed by atoms with van der Waals surface area (Å²) in [5, 5.41) is 11.3. The van der Waals surface area contributed by atoms with Gasteiger partial charge in [-0.05, 0) is 40.3 Å². The van der Waals surface area contributed by atoms with Crippen molar-refractivity contribution in [2.75, 3.05) is 33.8 Å². The van der Waals surface area contributed by atoms with E-state index in [0.29, 0.717) is 25.7 Å². The third kappa shape index (κ3) is 3.70. The monoisotopic (exact) mass is 336 g/mol. The topological polar surface area (TPSA) is 75.5 Å². The zero-order valence-corrected chi connectivity index (χ0v) is 14.8. The second-order valence-corrected chi connectivity index (χ2v) is 6.86. The fourth-order valence-corrected chi connectivity index (χ4v) is 3.57. The maximum atomic E-state index is 12.6. The molecule has 0 aromatic carbocycles. The van der Waals surface area contributed by atoms with Crippen molar-refractivity contribution >= 4 is 6.03 Å². The van der Waals surface area contributed by atoms with Gasteiger partial charge in [0.1, 0.15) is 12.4 Å². The van der Waals surface area contributed by atoms with Gasteiger partial charge in [-0.25, -0.2) is 4.79 Å². The number of aromatic nitrogens is 3. The Balaban J connectivity index is 1.56. The summed E-state index contributed by atoms with van der Waals surface area (Å²) in [6.07, 6.45) is 4.72. The molecule has 2 aliphatic rings. The Labute approximate surface area is 143 Å². The number of amides is 2. The lowest BCUT2D eigenvalue weighted by Crippen LogP contribution is -2.50. The average molecular weight is 336 g/mol. The van der Waals surface area contributed by atoms with Gasteiger partial charge in [-0.15, -0.1) is 10.2 Å². The number of morpholine rings is 1. The van der Waals surface area contributed by atoms with Crippen molar-refractivity contribution in [3.8, 4) is 0 Å². The summed E-state index contributed by atoms with van der Waals surface area (Å²) in [6, 6.07) is 0.844. The zero-order chi connectivity index (χ0) is 17.1. The third-order valence-electron chi connectivity index (χ3n) is 5.09. The highest BCUT2D eigenvalue weighted by Crippen LogP contribution is 2.24. The summed E-state index contributed by atoms with van der Waals surface area (Å²) >= 11 is 0. The van der Waals surface area contributed by atoms with E-state index in [1.807, 2.05) is 16.4 Å². The van der Waals surface area contributed by atoms with E-state index in [0.717, 1.165) is 31.6 Å². The van der Waals surface area contributed by atoms with Crippen molar-refractivity contribution in [1.29, 1.82) is 0 Å². The van der Waals surface area contributed by atoms with Gasteiger partial charge in [0, 0.05) is 25.2 Å². The molecule has 1 saturated heterocycles. The summed E-state index contributed by atoms with van der Waals surface area (Å²) in [7, 11) is 4.20. The molecule has 1 saturated carbocycles. The summed E-state index contributed by atoms with van der Waals surface area (Å²) in [5.74, 6) is 0.795. The van der Waals surface area contributed by atoms with Gasteiger partial charge in [0.05, 0.1) is 13.2 Å². The van der Waals surface area contributed by atoms with E-state index in [9.17, 15) is 4.79 Å². The van der Waals surface area contributed by atoms with Crippen molar-refractivity contribution < 1.29 is 9.53 Å². The summed E-state index contributed by atoms with van der Waals surface area (Å²) in [6.45, 7) is 4.50. The molecule has 1 aromatic rings. The van der Waals surface area contributed by atoms with Crippen LogP contribution in [0.2, 0.25) is 0 Å². The van der Waals surface area contributed by atoms with Gasteiger partial charge < -0.3 is 24.4 Å². The van der Waals surface area contributed by atoms with Gasteiger partial charge in [0.2, 0.25) is 0 Å². The molecule has 2 heterocycles. The van der Waals surface area contributed by atoms with Crippen LogP contribution in [-0.4, -0.2) is 76.5 Å². The number of carbonyl (C=O) groups excluding carboxylic acids is 1. The molecular formula is C16H28N6O2. The Morgan fingerprint density at radius 1 is 1.46 bits per heavy atom. The normalized spacial score (nSPS) is 27.7. The second kappa shape index (κ2) is 7.48. The van der Waals surface area contributed by atoms with Gasteiger partial charge >= 0.3 is 6.03 Å². The Kier molecular flexibility index (Phi) is 5.35. The summed E-state index contributed by atoms with van der Waals surface area (Å²) in [5.41, 5.74) is 0. The number of rotatable bonds is 4. The zero-order valence-electron chi connectivity index (χ0n) is 14.8. The molecular weight excluding hydrogens is 308 g/mol. The lowest BCUT2D eigenvalue weighted by Gasteiger charge is -2.33. The Morgan fingerprint density at radius 2 is 2.29 bits per heavy atom. The van der Waals surface area contributed by atoms with Crippen LogP contribution in [0, 0.1) is 0 Å². The fraction of sp³-hybridized carbons (Fsp3) is 0.812. The van der Waals surface area contributed by atoms with Crippen LogP contribution in [0.1, 0.15) is 38.1 Å². The fourth-order valence-electron chi connectivity index (χ4n) is 3.57. The molecule has 3 rings (SSSR count). The van der Waals surface area contributed by atoms with Crippen LogP contribution in [-0.2, 0) is 11.3 Å². The number of hydrogen-bond acceptors (Lipinski definition) is 5. The number of hydrogen-bond donors (Lipinski definition) is 1. The lowest BCUT2D eigenvalue weighted by atomic mass is 10.2. The van der Waals surface area contributed by atoms with Crippen molar-refractivity contribution in [1.82, 2.24) is 29.9 Å². The van der Waals surface area contributed by atoms with Gasteiger partial charge in [-0.2, -0.15) is 0 Å². The van der Waals surface area contributed by atoms with Crippen LogP contribution in [0.5, 0.6) is 0 Å². The van der Waals surface area contributed by atoms with Crippen LogP contribution < -0.4 is 5.32 Å². The number of urea groups is 1. The highest BCUT2D eigenvalue weighted by molar-refractivity contribution is 5.74. The molecule has 2 fully saturated rings. The van der Waals surface area contributed by atoms with Crippen molar-refractivity contribution in [2.24, 2.45) is 0 Å². The number of nitrogens with one attached hydrogen (secondary N) is 1. The quantitative estimate of drug-likeness (QED) is 0.883. The Bertz CT molecular complexity index is 561. The first-order valence-corrected chi connectivity index (χ1v) is 8.79. The molecule has 1 aliphatic heterocycles. The standard InChI is InChI=1S/C16H28N6O2/c1-4-21-11-17-19-15(21)14-10-22(7-8-24-14)16(23)18-12-5-6-13(9-12)20(2)3/h11-14H,4-10H2,1-3H3,(H,18,23)/t12-,13+,14-/m0/s1. The van der Waals surface area contributed by atoms with Crippen molar-refractivity contribution in [2.45, 2.75) is 50.9 Å². The number of nitrogens with zero attached hydrogens (tertiary/aromatic N) is 5. The number of aryl methyl sites for hydroxylation is 1. The van der Waals surface area contributed by atoms with E-state index in [-0.39, 0.29) is 18.2 Å². The molecule has 1 aromatic heterocycles. The molecule has 2 amide bonds. The largest absolute Gasteiger partial charge is 0.366 e. The highest BCUT2D eigenvalue weighted by atomic mass is 16.5. The van der Waals surface area contributed by atoms with Crippen LogP contribution in [0.4, 0.5) is 4.79 Å². The van der Waals surface area contributed by atoms with Crippen LogP contribution in [0.3, 0.4) is 0 Å². The van der Waals surface area contributed by atoms with Crippen molar-refractivity contribution in [3.05, 3.63) is 12.2 Å². The summed E-state index contributed by atoms with van der Waals surface area (Å²) < 4.78 is 7.78. The minimum atomic E-state index is -0.204. The average Bonchev–Trinajstić information content (AvgIpc) is 3.23. The Hall–Kier alpha value is -1.67. The lowest BCUT2D eigenvalue weighted by molar-refractivity contribution is -0.0221. The Morgan fingerprint density at radius 3 is 3.00 bits per heavy atom. The van der Waals surface area contributed by atoms with E-state index >= 15 is 0 Å². The molecule has 8 heteroatoms. The van der Waals surface area contributed by atoms with Gasteiger partial charge in [-0.1, -0.05) is 0 Å². The molecule has 1 N–H and O–H groups in total. The number of ether oxygens (including phenoxy) is 1. The predicted octanol–water partition coefficient (Wildman–Crippen LogP) is 0.864. The number of carbonyl (C=O) groups is 1. The molecule has 0 radical (unpaired) electrons. The third-order valence-corrected chi connectivity index (χ3v) is 5.09. The van der Waals surface area contributed by atoms with E-state index in [4.69, 9.17) is 4.74 Å². The molecule has 8 nitrogen and oxygen atoms in total.